The van der Waals surface area contributed by atoms with Crippen molar-refractivity contribution in [2.75, 3.05) is 33.7 Å². The lowest BCUT2D eigenvalue weighted by atomic mass is 9.84. The number of nitrogens with zero attached hydrogens (tertiary/aromatic N) is 1. The molecule has 0 radical (unpaired) electrons. The number of likely N-dealkylation sites (N-methyl/N-ethyl adjacent to an activating group) is 1. The summed E-state index contributed by atoms with van der Waals surface area (Å²) in [5.74, 6) is 0. The molecule has 15 heavy (non-hydrogen) atoms. The number of rotatable bonds is 6. The van der Waals surface area contributed by atoms with Crippen LogP contribution < -0.4 is 5.32 Å². The van der Waals surface area contributed by atoms with Gasteiger partial charge in [0, 0.05) is 6.54 Å². The highest BCUT2D eigenvalue weighted by Gasteiger charge is 2.29. The minimum atomic E-state index is -0.396. The Bertz CT molecular complexity index is 167. The predicted molar refractivity (Wildman–Crippen MR) is 64.1 cm³/mol. The highest BCUT2D eigenvalue weighted by atomic mass is 16.3. The smallest absolute Gasteiger partial charge is 0.0774 e. The Labute approximate surface area is 93.9 Å². The van der Waals surface area contributed by atoms with E-state index in [-0.39, 0.29) is 0 Å². The van der Waals surface area contributed by atoms with E-state index in [9.17, 15) is 5.11 Å². The molecule has 2 N–H and O–H groups in total. The van der Waals surface area contributed by atoms with Gasteiger partial charge < -0.3 is 15.3 Å². The van der Waals surface area contributed by atoms with Crippen molar-refractivity contribution in [3.63, 3.8) is 0 Å². The van der Waals surface area contributed by atoms with Gasteiger partial charge in [0.1, 0.15) is 0 Å². The van der Waals surface area contributed by atoms with Gasteiger partial charge in [0.25, 0.3) is 0 Å². The molecular formula is C12H26N2O. The predicted octanol–water partition coefficient (Wildman–Crippen LogP) is 1.22. The first kappa shape index (κ1) is 12.9. The molecule has 0 amide bonds. The number of nitrogens with one attached hydrogen (secondary N) is 1. The Morgan fingerprint density at radius 3 is 2.53 bits per heavy atom. The van der Waals surface area contributed by atoms with E-state index in [2.05, 4.69) is 17.3 Å². The molecule has 0 atom stereocenters. The van der Waals surface area contributed by atoms with Crippen molar-refractivity contribution in [3.05, 3.63) is 0 Å². The largest absolute Gasteiger partial charge is 0.389 e. The zero-order valence-corrected chi connectivity index (χ0v) is 10.3. The van der Waals surface area contributed by atoms with Crippen LogP contribution in [-0.4, -0.2) is 49.3 Å². The molecule has 3 nitrogen and oxygen atoms in total. The van der Waals surface area contributed by atoms with Gasteiger partial charge in [0.15, 0.2) is 0 Å². The summed E-state index contributed by atoms with van der Waals surface area (Å²) in [5, 5.41) is 13.5. The number of aliphatic hydroxyl groups is 1. The first-order chi connectivity index (χ1) is 7.16. The minimum Gasteiger partial charge on any atom is -0.389 e. The summed E-state index contributed by atoms with van der Waals surface area (Å²) < 4.78 is 0. The molecule has 0 spiro atoms. The van der Waals surface area contributed by atoms with Crippen LogP contribution in [0.15, 0.2) is 0 Å². The summed E-state index contributed by atoms with van der Waals surface area (Å²) >= 11 is 0. The fourth-order valence-electron chi connectivity index (χ4n) is 2.48. The van der Waals surface area contributed by atoms with Gasteiger partial charge in [-0.2, -0.15) is 0 Å². The molecule has 3 heteroatoms. The topological polar surface area (TPSA) is 35.5 Å². The maximum Gasteiger partial charge on any atom is 0.0774 e. The molecule has 0 unspecified atom stereocenters. The van der Waals surface area contributed by atoms with Crippen LogP contribution in [0.4, 0.5) is 0 Å². The third-order valence-corrected chi connectivity index (χ3v) is 3.32. The quantitative estimate of drug-likeness (QED) is 0.653. The van der Waals surface area contributed by atoms with Gasteiger partial charge in [-0.15, -0.1) is 0 Å². The fourth-order valence-corrected chi connectivity index (χ4v) is 2.48. The van der Waals surface area contributed by atoms with Crippen molar-refractivity contribution in [2.45, 2.75) is 44.1 Å². The van der Waals surface area contributed by atoms with E-state index in [1.165, 1.54) is 19.3 Å². The van der Waals surface area contributed by atoms with Crippen molar-refractivity contribution in [2.24, 2.45) is 0 Å². The summed E-state index contributed by atoms with van der Waals surface area (Å²) in [6.07, 6.45) is 6.82. The average Bonchev–Trinajstić information content (AvgIpc) is 2.18. The molecule has 1 fully saturated rings. The Balaban J connectivity index is 2.20. The zero-order chi connectivity index (χ0) is 11.1. The van der Waals surface area contributed by atoms with Crippen LogP contribution in [0, 0.1) is 0 Å². The Morgan fingerprint density at radius 2 is 1.93 bits per heavy atom. The second-order valence-electron chi connectivity index (χ2n) is 4.98. The van der Waals surface area contributed by atoms with E-state index < -0.39 is 5.60 Å². The summed E-state index contributed by atoms with van der Waals surface area (Å²) in [4.78, 5) is 2.27. The summed E-state index contributed by atoms with van der Waals surface area (Å²) in [5.41, 5.74) is -0.396. The first-order valence-electron chi connectivity index (χ1n) is 6.22. The van der Waals surface area contributed by atoms with Crippen LogP contribution >= 0.6 is 0 Å². The second-order valence-corrected chi connectivity index (χ2v) is 4.98. The molecule has 1 aliphatic rings. The molecular weight excluding hydrogens is 188 g/mol. The zero-order valence-electron chi connectivity index (χ0n) is 10.3. The average molecular weight is 214 g/mol. The van der Waals surface area contributed by atoms with Gasteiger partial charge in [-0.3, -0.25) is 0 Å². The Hall–Kier alpha value is -0.120. The lowest BCUT2D eigenvalue weighted by molar-refractivity contribution is -0.0209. The molecule has 0 aromatic carbocycles. The number of hydrogen-bond donors (Lipinski definition) is 2. The van der Waals surface area contributed by atoms with E-state index in [0.29, 0.717) is 0 Å². The molecule has 0 aromatic rings. The molecule has 0 bridgehead atoms. The van der Waals surface area contributed by atoms with Gasteiger partial charge in [-0.05, 0) is 46.4 Å². The molecule has 1 aliphatic carbocycles. The lowest BCUT2D eigenvalue weighted by Gasteiger charge is -2.35. The van der Waals surface area contributed by atoms with Crippen molar-refractivity contribution >= 4 is 0 Å². The highest BCUT2D eigenvalue weighted by Crippen LogP contribution is 2.28. The summed E-state index contributed by atoms with van der Waals surface area (Å²) in [6, 6.07) is 0. The maximum atomic E-state index is 10.3. The SMILES string of the molecule is CNCCCN(C)CC1(O)CCCCC1. The van der Waals surface area contributed by atoms with Crippen LogP contribution in [0.2, 0.25) is 0 Å². The van der Waals surface area contributed by atoms with Gasteiger partial charge >= 0.3 is 0 Å². The van der Waals surface area contributed by atoms with E-state index in [0.717, 1.165) is 38.9 Å². The van der Waals surface area contributed by atoms with Crippen molar-refractivity contribution in [1.82, 2.24) is 10.2 Å². The monoisotopic (exact) mass is 214 g/mol. The van der Waals surface area contributed by atoms with E-state index in [1.807, 2.05) is 7.05 Å². The van der Waals surface area contributed by atoms with Crippen LogP contribution in [0.3, 0.4) is 0 Å². The summed E-state index contributed by atoms with van der Waals surface area (Å²) in [6.45, 7) is 2.97. The van der Waals surface area contributed by atoms with Gasteiger partial charge in [-0.25, -0.2) is 0 Å². The van der Waals surface area contributed by atoms with Crippen molar-refractivity contribution in [3.8, 4) is 0 Å². The molecule has 1 saturated carbocycles. The van der Waals surface area contributed by atoms with Crippen LogP contribution in [0.1, 0.15) is 38.5 Å². The standard InChI is InChI=1S/C12H26N2O/c1-13-9-6-10-14(2)11-12(15)7-4-3-5-8-12/h13,15H,3-11H2,1-2H3. The fraction of sp³-hybridized carbons (Fsp3) is 1.00. The first-order valence-corrected chi connectivity index (χ1v) is 6.22. The maximum absolute atomic E-state index is 10.3. The summed E-state index contributed by atoms with van der Waals surface area (Å²) in [7, 11) is 4.09. The third kappa shape index (κ3) is 4.96. The van der Waals surface area contributed by atoms with Gasteiger partial charge in [0.05, 0.1) is 5.60 Å². The normalized spacial score (nSPS) is 20.8. The molecule has 1 rings (SSSR count). The van der Waals surface area contributed by atoms with Crippen LogP contribution in [-0.2, 0) is 0 Å². The van der Waals surface area contributed by atoms with Crippen molar-refractivity contribution in [1.29, 1.82) is 0 Å². The van der Waals surface area contributed by atoms with E-state index in [4.69, 9.17) is 0 Å². The minimum absolute atomic E-state index is 0.396. The third-order valence-electron chi connectivity index (χ3n) is 3.32. The highest BCUT2D eigenvalue weighted by molar-refractivity contribution is 4.84. The van der Waals surface area contributed by atoms with Gasteiger partial charge in [-0.1, -0.05) is 19.3 Å². The molecule has 90 valence electrons. The number of hydrogen-bond acceptors (Lipinski definition) is 3. The Morgan fingerprint density at radius 1 is 1.27 bits per heavy atom. The van der Waals surface area contributed by atoms with Gasteiger partial charge in [0.2, 0.25) is 0 Å². The van der Waals surface area contributed by atoms with Crippen LogP contribution in [0.5, 0.6) is 0 Å². The molecule has 0 heterocycles. The van der Waals surface area contributed by atoms with Crippen LogP contribution in [0.25, 0.3) is 0 Å². The lowest BCUT2D eigenvalue weighted by Crippen LogP contribution is -2.43. The van der Waals surface area contributed by atoms with Crippen molar-refractivity contribution < 1.29 is 5.11 Å². The molecule has 0 saturated heterocycles. The Kier molecular flexibility index (Phi) is 5.58. The molecule has 0 aromatic heterocycles. The van der Waals surface area contributed by atoms with E-state index >= 15 is 0 Å². The second kappa shape index (κ2) is 6.46. The molecule has 0 aliphatic heterocycles. The van der Waals surface area contributed by atoms with E-state index in [1.54, 1.807) is 0 Å².